The highest BCUT2D eigenvalue weighted by Crippen LogP contribution is 2.25. The number of hydrogen-bond acceptors (Lipinski definition) is 3. The molecule has 0 unspecified atom stereocenters. The van der Waals surface area contributed by atoms with Gasteiger partial charge in [0.05, 0.1) is 17.3 Å². The summed E-state index contributed by atoms with van der Waals surface area (Å²) in [4.78, 5) is 8.92. The third-order valence-corrected chi connectivity index (χ3v) is 3.89. The second kappa shape index (κ2) is 10.1. The first-order valence-corrected chi connectivity index (χ1v) is 7.58. The van der Waals surface area contributed by atoms with E-state index in [9.17, 15) is 0 Å². The fraction of sp³-hybridized carbons (Fsp3) is 0.533. The molecule has 2 rings (SSSR count). The summed E-state index contributed by atoms with van der Waals surface area (Å²) in [6.07, 6.45) is 0. The number of halogens is 2. The van der Waals surface area contributed by atoms with E-state index in [0.717, 1.165) is 49.4 Å². The Hall–Kier alpha value is -0.730. The lowest BCUT2D eigenvalue weighted by atomic mass is 10.2. The van der Waals surface area contributed by atoms with Gasteiger partial charge >= 0.3 is 0 Å². The van der Waals surface area contributed by atoms with E-state index in [-0.39, 0.29) is 24.0 Å². The van der Waals surface area contributed by atoms with E-state index in [1.165, 1.54) is 0 Å². The third-order valence-electron chi connectivity index (χ3n) is 3.57. The summed E-state index contributed by atoms with van der Waals surface area (Å²) in [6, 6.07) is 8.00. The molecule has 1 fully saturated rings. The number of nitrogens with one attached hydrogen (secondary N) is 1. The van der Waals surface area contributed by atoms with E-state index in [1.54, 1.807) is 7.11 Å². The standard InChI is InChI=1S/C15H23ClN4O.HI/c1-17-15(18-7-12-21-2)20-10-8-19(9-11-20)14-6-4-3-5-13(14)16;/h3-6H,7-12H2,1-2H3,(H,17,18);1H. The van der Waals surface area contributed by atoms with Crippen LogP contribution in [0.5, 0.6) is 0 Å². The van der Waals surface area contributed by atoms with E-state index < -0.39 is 0 Å². The van der Waals surface area contributed by atoms with Gasteiger partial charge in [-0.05, 0) is 12.1 Å². The van der Waals surface area contributed by atoms with E-state index in [2.05, 4.69) is 26.2 Å². The molecule has 0 bridgehead atoms. The lowest BCUT2D eigenvalue weighted by Crippen LogP contribution is -2.53. The fourth-order valence-corrected chi connectivity index (χ4v) is 2.72. The maximum absolute atomic E-state index is 6.26. The summed E-state index contributed by atoms with van der Waals surface area (Å²) in [5.41, 5.74) is 1.11. The number of anilines is 1. The molecule has 0 atom stereocenters. The van der Waals surface area contributed by atoms with Gasteiger partial charge in [0.2, 0.25) is 0 Å². The van der Waals surface area contributed by atoms with Crippen molar-refractivity contribution in [1.82, 2.24) is 10.2 Å². The Morgan fingerprint density at radius 1 is 1.27 bits per heavy atom. The largest absolute Gasteiger partial charge is 0.383 e. The quantitative estimate of drug-likeness (QED) is 0.339. The van der Waals surface area contributed by atoms with Crippen LogP contribution in [0.15, 0.2) is 29.3 Å². The first-order chi connectivity index (χ1) is 10.3. The summed E-state index contributed by atoms with van der Waals surface area (Å²) in [7, 11) is 3.52. The zero-order chi connectivity index (χ0) is 15.1. The number of methoxy groups -OCH3 is 1. The molecule has 1 aromatic carbocycles. The van der Waals surface area contributed by atoms with Crippen molar-refractivity contribution in [3.05, 3.63) is 29.3 Å². The number of hydrogen-bond donors (Lipinski definition) is 1. The Balaban J connectivity index is 0.00000242. The first-order valence-electron chi connectivity index (χ1n) is 7.20. The van der Waals surface area contributed by atoms with Crippen molar-refractivity contribution in [2.75, 3.05) is 58.4 Å². The molecule has 0 aliphatic carbocycles. The molecule has 0 aromatic heterocycles. The highest BCUT2D eigenvalue weighted by molar-refractivity contribution is 14.0. The molecule has 1 aliphatic heterocycles. The van der Waals surface area contributed by atoms with E-state index in [4.69, 9.17) is 16.3 Å². The molecule has 7 heteroatoms. The van der Waals surface area contributed by atoms with Crippen LogP contribution in [-0.4, -0.2) is 64.3 Å². The number of ether oxygens (including phenoxy) is 1. The van der Waals surface area contributed by atoms with Gasteiger partial charge < -0.3 is 19.9 Å². The molecule has 1 heterocycles. The number of guanidine groups is 1. The summed E-state index contributed by atoms with van der Waals surface area (Å²) in [5.74, 6) is 0.936. The van der Waals surface area contributed by atoms with Crippen LogP contribution < -0.4 is 10.2 Å². The Morgan fingerprint density at radius 2 is 1.95 bits per heavy atom. The van der Waals surface area contributed by atoms with E-state index in [1.807, 2.05) is 25.2 Å². The van der Waals surface area contributed by atoms with Crippen LogP contribution in [0, 0.1) is 0 Å². The predicted octanol–water partition coefficient (Wildman–Crippen LogP) is 2.30. The van der Waals surface area contributed by atoms with Gasteiger partial charge in [0.15, 0.2) is 5.96 Å². The molecule has 0 spiro atoms. The topological polar surface area (TPSA) is 40.1 Å². The van der Waals surface area contributed by atoms with Crippen LogP contribution in [0.1, 0.15) is 0 Å². The van der Waals surface area contributed by atoms with Crippen LogP contribution in [-0.2, 0) is 4.74 Å². The van der Waals surface area contributed by atoms with Crippen molar-refractivity contribution in [3.8, 4) is 0 Å². The summed E-state index contributed by atoms with van der Waals surface area (Å²) >= 11 is 6.26. The predicted molar refractivity (Wildman–Crippen MR) is 104 cm³/mol. The lowest BCUT2D eigenvalue weighted by Gasteiger charge is -2.38. The van der Waals surface area contributed by atoms with E-state index >= 15 is 0 Å². The zero-order valence-electron chi connectivity index (χ0n) is 13.1. The number of benzene rings is 1. The van der Waals surface area contributed by atoms with Gasteiger partial charge in [-0.15, -0.1) is 24.0 Å². The average Bonchev–Trinajstić information content (AvgIpc) is 2.53. The van der Waals surface area contributed by atoms with Gasteiger partial charge in [-0.3, -0.25) is 4.99 Å². The lowest BCUT2D eigenvalue weighted by molar-refractivity contribution is 0.202. The highest BCUT2D eigenvalue weighted by Gasteiger charge is 2.20. The Kier molecular flexibility index (Phi) is 8.89. The van der Waals surface area contributed by atoms with Crippen molar-refractivity contribution in [2.24, 2.45) is 4.99 Å². The Labute approximate surface area is 154 Å². The minimum atomic E-state index is 0. The minimum Gasteiger partial charge on any atom is -0.383 e. The van der Waals surface area contributed by atoms with Crippen LogP contribution >= 0.6 is 35.6 Å². The van der Waals surface area contributed by atoms with E-state index in [0.29, 0.717) is 6.61 Å². The number of para-hydroxylation sites is 1. The third kappa shape index (κ3) is 5.17. The molecule has 22 heavy (non-hydrogen) atoms. The normalized spacial score (nSPS) is 15.5. The highest BCUT2D eigenvalue weighted by atomic mass is 127. The van der Waals surface area contributed by atoms with Crippen LogP contribution in [0.4, 0.5) is 5.69 Å². The van der Waals surface area contributed by atoms with Gasteiger partial charge in [-0.25, -0.2) is 0 Å². The van der Waals surface area contributed by atoms with Crippen molar-refractivity contribution in [3.63, 3.8) is 0 Å². The minimum absolute atomic E-state index is 0. The number of nitrogens with zero attached hydrogens (tertiary/aromatic N) is 3. The van der Waals surface area contributed by atoms with Gasteiger partial charge in [-0.1, -0.05) is 23.7 Å². The SMILES string of the molecule is CN=C(NCCOC)N1CCN(c2ccccc2Cl)CC1.I. The van der Waals surface area contributed by atoms with Crippen LogP contribution in [0.3, 0.4) is 0 Å². The molecule has 1 aliphatic rings. The van der Waals surface area contributed by atoms with Crippen molar-refractivity contribution in [2.45, 2.75) is 0 Å². The average molecular weight is 439 g/mol. The molecule has 0 amide bonds. The van der Waals surface area contributed by atoms with Crippen LogP contribution in [0.2, 0.25) is 5.02 Å². The number of piperazine rings is 1. The van der Waals surface area contributed by atoms with Crippen molar-refractivity contribution < 1.29 is 4.74 Å². The summed E-state index contributed by atoms with van der Waals surface area (Å²) < 4.78 is 5.05. The summed E-state index contributed by atoms with van der Waals surface area (Å²) in [6.45, 7) is 5.19. The van der Waals surface area contributed by atoms with Crippen molar-refractivity contribution >= 4 is 47.2 Å². The molecular formula is C15H24ClIN4O. The van der Waals surface area contributed by atoms with Gasteiger partial charge in [0, 0.05) is 46.9 Å². The van der Waals surface area contributed by atoms with Gasteiger partial charge in [0.1, 0.15) is 0 Å². The molecule has 124 valence electrons. The monoisotopic (exact) mass is 438 g/mol. The van der Waals surface area contributed by atoms with Crippen LogP contribution in [0.25, 0.3) is 0 Å². The zero-order valence-corrected chi connectivity index (χ0v) is 16.2. The smallest absolute Gasteiger partial charge is 0.193 e. The van der Waals surface area contributed by atoms with Gasteiger partial charge in [-0.2, -0.15) is 0 Å². The molecule has 1 aromatic rings. The maximum atomic E-state index is 6.26. The molecule has 1 N–H and O–H groups in total. The Bertz CT molecular complexity index is 478. The first kappa shape index (κ1) is 19.3. The second-order valence-corrected chi connectivity index (χ2v) is 5.30. The maximum Gasteiger partial charge on any atom is 0.193 e. The van der Waals surface area contributed by atoms with Gasteiger partial charge in [0.25, 0.3) is 0 Å². The molecule has 1 saturated heterocycles. The molecule has 5 nitrogen and oxygen atoms in total. The second-order valence-electron chi connectivity index (χ2n) is 4.89. The Morgan fingerprint density at radius 3 is 2.55 bits per heavy atom. The number of rotatable bonds is 4. The number of aliphatic imine (C=N–C) groups is 1. The fourth-order valence-electron chi connectivity index (χ4n) is 2.46. The molecular weight excluding hydrogens is 415 g/mol. The summed E-state index contributed by atoms with van der Waals surface area (Å²) in [5, 5.41) is 4.13. The molecule has 0 saturated carbocycles. The van der Waals surface area contributed by atoms with Crippen molar-refractivity contribution in [1.29, 1.82) is 0 Å². The molecule has 0 radical (unpaired) electrons.